The Morgan fingerprint density at radius 2 is 1.50 bits per heavy atom. The maximum absolute atomic E-state index is 5.99. The predicted molar refractivity (Wildman–Crippen MR) is 109 cm³/mol. The molecule has 1 rings (SSSR count). The van der Waals surface area contributed by atoms with Gasteiger partial charge in [-0.05, 0) is 48.6 Å². The van der Waals surface area contributed by atoms with E-state index in [0.29, 0.717) is 12.0 Å². The molecular formula is C23H41N. The lowest BCUT2D eigenvalue weighted by Crippen LogP contribution is -2.17. The second-order valence-corrected chi connectivity index (χ2v) is 7.77. The van der Waals surface area contributed by atoms with Crippen LogP contribution < -0.4 is 5.73 Å². The molecule has 24 heavy (non-hydrogen) atoms. The van der Waals surface area contributed by atoms with Crippen molar-refractivity contribution in [2.45, 2.75) is 104 Å². The first-order valence-corrected chi connectivity index (χ1v) is 10.4. The molecule has 1 heteroatoms. The minimum Gasteiger partial charge on any atom is -0.328 e. The van der Waals surface area contributed by atoms with Crippen LogP contribution in [0.2, 0.25) is 0 Å². The average Bonchev–Trinajstić information content (AvgIpc) is 2.61. The Morgan fingerprint density at radius 1 is 0.833 bits per heavy atom. The third-order valence-corrected chi connectivity index (χ3v) is 5.69. The first-order chi connectivity index (χ1) is 11.6. The van der Waals surface area contributed by atoms with Crippen LogP contribution >= 0.6 is 0 Å². The van der Waals surface area contributed by atoms with Gasteiger partial charge in [-0.2, -0.15) is 0 Å². The molecule has 1 nitrogen and oxygen atoms in total. The highest BCUT2D eigenvalue weighted by Crippen LogP contribution is 2.28. The van der Waals surface area contributed by atoms with Crippen LogP contribution in [-0.2, 0) is 6.42 Å². The van der Waals surface area contributed by atoms with E-state index in [9.17, 15) is 0 Å². The Hall–Kier alpha value is -0.820. The number of nitrogens with two attached hydrogens (primary N) is 1. The van der Waals surface area contributed by atoms with Crippen molar-refractivity contribution in [3.05, 3.63) is 35.4 Å². The van der Waals surface area contributed by atoms with Gasteiger partial charge in [-0.15, -0.1) is 0 Å². The van der Waals surface area contributed by atoms with Gasteiger partial charge >= 0.3 is 0 Å². The topological polar surface area (TPSA) is 26.0 Å². The number of benzene rings is 1. The van der Waals surface area contributed by atoms with Crippen molar-refractivity contribution in [3.63, 3.8) is 0 Å². The third-order valence-electron chi connectivity index (χ3n) is 5.69. The summed E-state index contributed by atoms with van der Waals surface area (Å²) in [6, 6.07) is 9.84. The average molecular weight is 332 g/mol. The summed E-state index contributed by atoms with van der Waals surface area (Å²) in [5, 5.41) is 0. The van der Waals surface area contributed by atoms with E-state index in [-0.39, 0.29) is 0 Å². The number of aryl methyl sites for hydroxylation is 1. The highest BCUT2D eigenvalue weighted by molar-refractivity contribution is 5.25. The summed E-state index contributed by atoms with van der Waals surface area (Å²) in [4.78, 5) is 0. The van der Waals surface area contributed by atoms with E-state index in [2.05, 4.69) is 52.0 Å². The minimum absolute atomic E-state index is 0.414. The summed E-state index contributed by atoms with van der Waals surface area (Å²) in [5.74, 6) is 1.42. The molecule has 0 saturated heterocycles. The van der Waals surface area contributed by atoms with Gasteiger partial charge < -0.3 is 5.73 Å². The molecule has 1 aromatic carbocycles. The van der Waals surface area contributed by atoms with E-state index >= 15 is 0 Å². The summed E-state index contributed by atoms with van der Waals surface area (Å²) >= 11 is 0. The normalized spacial score (nSPS) is 15.2. The second kappa shape index (κ2) is 12.5. The monoisotopic (exact) mass is 331 g/mol. The maximum atomic E-state index is 5.99. The number of rotatable bonds is 13. The Kier molecular flexibility index (Phi) is 11.1. The summed E-state index contributed by atoms with van der Waals surface area (Å²) in [7, 11) is 0. The maximum Gasteiger partial charge on any atom is 0.00362 e. The molecule has 0 aliphatic heterocycles. The lowest BCUT2D eigenvalue weighted by Gasteiger charge is -2.21. The van der Waals surface area contributed by atoms with Crippen molar-refractivity contribution >= 4 is 0 Å². The van der Waals surface area contributed by atoms with E-state index in [4.69, 9.17) is 5.73 Å². The van der Waals surface area contributed by atoms with Crippen LogP contribution in [0.1, 0.15) is 103 Å². The molecule has 0 aromatic heterocycles. The molecule has 138 valence electrons. The standard InChI is InChI=1S/C23H41N/c1-5-7-9-13-21-15-17-22(18-16-21)20(4)19(3)12-10-8-11-14-23(24)6-2/h15-20,23H,5-14,24H2,1-4H3. The number of unbranched alkanes of at least 4 members (excludes halogenated alkanes) is 4. The van der Waals surface area contributed by atoms with Crippen molar-refractivity contribution in [2.75, 3.05) is 0 Å². The molecule has 0 saturated carbocycles. The van der Waals surface area contributed by atoms with Crippen LogP contribution in [0, 0.1) is 5.92 Å². The molecule has 0 spiro atoms. The highest BCUT2D eigenvalue weighted by atomic mass is 14.6. The lowest BCUT2D eigenvalue weighted by atomic mass is 9.85. The summed E-state index contributed by atoms with van der Waals surface area (Å²) in [5.41, 5.74) is 9.00. The van der Waals surface area contributed by atoms with E-state index in [1.54, 1.807) is 0 Å². The fraction of sp³-hybridized carbons (Fsp3) is 0.739. The zero-order valence-corrected chi connectivity index (χ0v) is 16.7. The molecule has 0 aliphatic carbocycles. The van der Waals surface area contributed by atoms with Crippen molar-refractivity contribution < 1.29 is 0 Å². The molecular weight excluding hydrogens is 290 g/mol. The zero-order valence-electron chi connectivity index (χ0n) is 16.7. The van der Waals surface area contributed by atoms with Gasteiger partial charge in [-0.1, -0.05) is 90.5 Å². The first kappa shape index (κ1) is 21.2. The van der Waals surface area contributed by atoms with Gasteiger partial charge in [0.05, 0.1) is 0 Å². The molecule has 0 heterocycles. The van der Waals surface area contributed by atoms with E-state index in [1.165, 1.54) is 68.9 Å². The van der Waals surface area contributed by atoms with Crippen molar-refractivity contribution in [1.29, 1.82) is 0 Å². The van der Waals surface area contributed by atoms with Crippen molar-refractivity contribution in [1.82, 2.24) is 0 Å². The second-order valence-electron chi connectivity index (χ2n) is 7.77. The minimum atomic E-state index is 0.414. The highest BCUT2D eigenvalue weighted by Gasteiger charge is 2.14. The van der Waals surface area contributed by atoms with Crippen LogP contribution in [0.5, 0.6) is 0 Å². The third kappa shape index (κ3) is 8.33. The fourth-order valence-corrected chi connectivity index (χ4v) is 3.40. The SMILES string of the molecule is CCCCCc1ccc(C(C)C(C)CCCCCC(N)CC)cc1. The smallest absolute Gasteiger partial charge is 0.00362 e. The van der Waals surface area contributed by atoms with Crippen molar-refractivity contribution in [3.8, 4) is 0 Å². The molecule has 0 fully saturated rings. The van der Waals surface area contributed by atoms with Gasteiger partial charge in [0.1, 0.15) is 0 Å². The largest absolute Gasteiger partial charge is 0.328 e. The Bertz CT molecular complexity index is 409. The van der Waals surface area contributed by atoms with Crippen LogP contribution in [0.25, 0.3) is 0 Å². The van der Waals surface area contributed by atoms with Gasteiger partial charge in [-0.25, -0.2) is 0 Å². The molecule has 0 bridgehead atoms. The Balaban J connectivity index is 2.30. The fourth-order valence-electron chi connectivity index (χ4n) is 3.40. The molecule has 2 N–H and O–H groups in total. The van der Waals surface area contributed by atoms with E-state index < -0.39 is 0 Å². The molecule has 0 amide bonds. The van der Waals surface area contributed by atoms with Gasteiger partial charge in [0.15, 0.2) is 0 Å². The molecule has 0 aliphatic rings. The lowest BCUT2D eigenvalue weighted by molar-refractivity contribution is 0.422. The van der Waals surface area contributed by atoms with Gasteiger partial charge in [-0.3, -0.25) is 0 Å². The Morgan fingerprint density at radius 3 is 2.12 bits per heavy atom. The summed E-state index contributed by atoms with van der Waals surface area (Å²) < 4.78 is 0. The van der Waals surface area contributed by atoms with E-state index in [1.807, 2.05) is 0 Å². The molecule has 3 unspecified atom stereocenters. The summed E-state index contributed by atoms with van der Waals surface area (Å²) in [6.45, 7) is 9.26. The van der Waals surface area contributed by atoms with Crippen LogP contribution in [0.4, 0.5) is 0 Å². The quantitative estimate of drug-likeness (QED) is 0.393. The Labute approximate surface area is 151 Å². The van der Waals surface area contributed by atoms with Crippen LogP contribution in [0.15, 0.2) is 24.3 Å². The summed E-state index contributed by atoms with van der Waals surface area (Å²) in [6.07, 6.45) is 12.8. The van der Waals surface area contributed by atoms with Crippen molar-refractivity contribution in [2.24, 2.45) is 11.7 Å². The van der Waals surface area contributed by atoms with E-state index in [0.717, 1.165) is 12.3 Å². The zero-order chi connectivity index (χ0) is 17.8. The van der Waals surface area contributed by atoms with Crippen LogP contribution in [-0.4, -0.2) is 6.04 Å². The number of hydrogen-bond acceptors (Lipinski definition) is 1. The van der Waals surface area contributed by atoms with Crippen LogP contribution in [0.3, 0.4) is 0 Å². The first-order valence-electron chi connectivity index (χ1n) is 10.4. The molecule has 3 atom stereocenters. The molecule has 0 radical (unpaired) electrons. The molecule has 1 aromatic rings. The number of hydrogen-bond donors (Lipinski definition) is 1. The predicted octanol–water partition coefficient (Wildman–Crippen LogP) is 6.85. The van der Waals surface area contributed by atoms with Gasteiger partial charge in [0.25, 0.3) is 0 Å². The van der Waals surface area contributed by atoms with Gasteiger partial charge in [0.2, 0.25) is 0 Å². The van der Waals surface area contributed by atoms with Gasteiger partial charge in [0, 0.05) is 6.04 Å².